The Bertz CT molecular complexity index is 972. The van der Waals surface area contributed by atoms with Crippen LogP contribution in [0.2, 0.25) is 0 Å². The minimum absolute atomic E-state index is 0.191. The minimum Gasteiger partial charge on any atom is -0.344 e. The highest BCUT2D eigenvalue weighted by molar-refractivity contribution is 9.10. The summed E-state index contributed by atoms with van der Waals surface area (Å²) in [6.07, 6.45) is 1.53. The molecule has 0 aliphatic rings. The van der Waals surface area contributed by atoms with E-state index in [4.69, 9.17) is 0 Å². The van der Waals surface area contributed by atoms with E-state index in [0.29, 0.717) is 12.2 Å². The van der Waals surface area contributed by atoms with Gasteiger partial charge in [0.15, 0.2) is 5.82 Å². The van der Waals surface area contributed by atoms with Crippen LogP contribution in [0, 0.1) is 0 Å². The Morgan fingerprint density at radius 3 is 2.62 bits per heavy atom. The summed E-state index contributed by atoms with van der Waals surface area (Å²) in [7, 11) is 0. The summed E-state index contributed by atoms with van der Waals surface area (Å²) in [5, 5.41) is 12.7. The molecule has 0 radical (unpaired) electrons. The van der Waals surface area contributed by atoms with Crippen LogP contribution < -0.4 is 10.6 Å². The normalized spacial score (nSPS) is 11.7. The fourth-order valence-corrected chi connectivity index (χ4v) is 3.45. The molecule has 0 bridgehead atoms. The molecule has 1 heterocycles. The van der Waals surface area contributed by atoms with Gasteiger partial charge < -0.3 is 10.6 Å². The van der Waals surface area contributed by atoms with Crippen LogP contribution in [-0.4, -0.2) is 28.1 Å². The van der Waals surface area contributed by atoms with Gasteiger partial charge in [-0.05, 0) is 29.7 Å². The molecule has 7 heteroatoms. The lowest BCUT2D eigenvalue weighted by atomic mass is 10.1. The maximum Gasteiger partial charge on any atom is 0.248 e. The number of amides is 2. The van der Waals surface area contributed by atoms with Gasteiger partial charge in [0.2, 0.25) is 11.8 Å². The average molecular weight is 455 g/mol. The van der Waals surface area contributed by atoms with Crippen molar-refractivity contribution in [2.75, 3.05) is 5.32 Å². The monoisotopic (exact) mass is 454 g/mol. The van der Waals surface area contributed by atoms with Crippen LogP contribution in [0.1, 0.15) is 25.3 Å². The van der Waals surface area contributed by atoms with Gasteiger partial charge in [0, 0.05) is 10.5 Å². The van der Waals surface area contributed by atoms with Gasteiger partial charge in [-0.15, -0.1) is 0 Å². The fraction of sp³-hybridized carbons (Fsp3) is 0.227. The summed E-state index contributed by atoms with van der Waals surface area (Å²) in [6.45, 7) is 1.97. The Kier molecular flexibility index (Phi) is 7.19. The molecule has 29 heavy (non-hydrogen) atoms. The van der Waals surface area contributed by atoms with Crippen molar-refractivity contribution in [3.63, 3.8) is 0 Å². The number of carbonyl (C=O) groups excluding carboxylic acids is 2. The summed E-state index contributed by atoms with van der Waals surface area (Å²) in [5.74, 6) is -0.0412. The Morgan fingerprint density at radius 1 is 1.10 bits per heavy atom. The van der Waals surface area contributed by atoms with E-state index in [1.54, 1.807) is 6.07 Å². The molecule has 0 aliphatic heterocycles. The molecule has 6 nitrogen and oxygen atoms in total. The average Bonchev–Trinajstić information content (AvgIpc) is 3.17. The number of H-pyrrole nitrogens is 1. The second-order valence-corrected chi connectivity index (χ2v) is 7.65. The molecule has 0 saturated carbocycles. The second kappa shape index (κ2) is 10.0. The Hall–Kier alpha value is -2.93. The number of nitrogens with one attached hydrogen (secondary N) is 3. The Labute approximate surface area is 178 Å². The molecule has 3 rings (SSSR count). The van der Waals surface area contributed by atoms with Crippen molar-refractivity contribution in [1.82, 2.24) is 15.5 Å². The minimum atomic E-state index is -0.614. The van der Waals surface area contributed by atoms with Gasteiger partial charge in [-0.3, -0.25) is 14.7 Å². The third kappa shape index (κ3) is 6.02. The number of rotatable bonds is 8. The number of hydrogen-bond donors (Lipinski definition) is 3. The lowest BCUT2D eigenvalue weighted by molar-refractivity contribution is -0.126. The molecular formula is C22H23BrN4O2. The van der Waals surface area contributed by atoms with Gasteiger partial charge in [-0.1, -0.05) is 71.7 Å². The SMILES string of the molecule is CCCC(NC(=O)Cc1cccc(Br)c1)C(=O)Nc1cc(-c2ccccc2)[nH]n1. The van der Waals surface area contributed by atoms with E-state index in [1.807, 2.05) is 61.5 Å². The summed E-state index contributed by atoms with van der Waals surface area (Å²) in [4.78, 5) is 25.1. The molecule has 3 N–H and O–H groups in total. The number of nitrogens with zero attached hydrogens (tertiary/aromatic N) is 1. The third-order valence-corrected chi connectivity index (χ3v) is 4.89. The molecule has 0 aliphatic carbocycles. The highest BCUT2D eigenvalue weighted by Gasteiger charge is 2.21. The van der Waals surface area contributed by atoms with Crippen LogP contribution >= 0.6 is 15.9 Å². The molecule has 0 spiro atoms. The predicted octanol–water partition coefficient (Wildman–Crippen LogP) is 4.31. The van der Waals surface area contributed by atoms with Crippen LogP contribution in [0.3, 0.4) is 0 Å². The summed E-state index contributed by atoms with van der Waals surface area (Å²) >= 11 is 3.40. The van der Waals surface area contributed by atoms with Crippen molar-refractivity contribution in [3.05, 3.63) is 70.7 Å². The van der Waals surface area contributed by atoms with Gasteiger partial charge in [-0.25, -0.2) is 0 Å². The number of halogens is 1. The number of carbonyl (C=O) groups is 2. The predicted molar refractivity (Wildman–Crippen MR) is 117 cm³/mol. The molecule has 3 aromatic rings. The number of anilines is 1. The lowest BCUT2D eigenvalue weighted by Crippen LogP contribution is -2.44. The van der Waals surface area contributed by atoms with Crippen molar-refractivity contribution in [2.45, 2.75) is 32.2 Å². The zero-order chi connectivity index (χ0) is 20.6. The van der Waals surface area contributed by atoms with E-state index in [1.165, 1.54) is 0 Å². The van der Waals surface area contributed by atoms with Crippen molar-refractivity contribution in [3.8, 4) is 11.3 Å². The topological polar surface area (TPSA) is 86.9 Å². The van der Waals surface area contributed by atoms with E-state index in [2.05, 4.69) is 36.8 Å². The molecule has 1 aromatic heterocycles. The third-order valence-electron chi connectivity index (χ3n) is 4.40. The maximum absolute atomic E-state index is 12.7. The van der Waals surface area contributed by atoms with E-state index >= 15 is 0 Å². The molecule has 2 aromatic carbocycles. The summed E-state index contributed by atoms with van der Waals surface area (Å²) in [5.41, 5.74) is 2.67. The quantitative estimate of drug-likeness (QED) is 0.473. The summed E-state index contributed by atoms with van der Waals surface area (Å²) in [6, 6.07) is 18.5. The number of aromatic nitrogens is 2. The molecule has 150 valence electrons. The van der Waals surface area contributed by atoms with Crippen LogP contribution in [0.5, 0.6) is 0 Å². The van der Waals surface area contributed by atoms with Crippen LogP contribution in [0.4, 0.5) is 5.82 Å². The number of benzene rings is 2. The second-order valence-electron chi connectivity index (χ2n) is 6.74. The zero-order valence-corrected chi connectivity index (χ0v) is 17.7. The number of hydrogen-bond acceptors (Lipinski definition) is 3. The van der Waals surface area contributed by atoms with Gasteiger partial charge in [0.25, 0.3) is 0 Å². The molecular weight excluding hydrogens is 432 g/mol. The van der Waals surface area contributed by atoms with Crippen LogP contribution in [-0.2, 0) is 16.0 Å². The van der Waals surface area contributed by atoms with E-state index in [9.17, 15) is 9.59 Å². The molecule has 0 saturated heterocycles. The molecule has 1 atom stereocenters. The van der Waals surface area contributed by atoms with Crippen LogP contribution in [0.15, 0.2) is 65.1 Å². The summed E-state index contributed by atoms with van der Waals surface area (Å²) < 4.78 is 0.915. The number of aromatic amines is 1. The Morgan fingerprint density at radius 2 is 1.90 bits per heavy atom. The van der Waals surface area contributed by atoms with Crippen molar-refractivity contribution in [2.24, 2.45) is 0 Å². The molecule has 2 amide bonds. The Balaban J connectivity index is 1.62. The fourth-order valence-electron chi connectivity index (χ4n) is 3.00. The highest BCUT2D eigenvalue weighted by atomic mass is 79.9. The van der Waals surface area contributed by atoms with Crippen LogP contribution in [0.25, 0.3) is 11.3 Å². The van der Waals surface area contributed by atoms with Crippen molar-refractivity contribution in [1.29, 1.82) is 0 Å². The first kappa shape index (κ1) is 20.8. The lowest BCUT2D eigenvalue weighted by Gasteiger charge is -2.17. The van der Waals surface area contributed by atoms with Gasteiger partial charge in [0.05, 0.1) is 12.1 Å². The van der Waals surface area contributed by atoms with E-state index < -0.39 is 6.04 Å². The van der Waals surface area contributed by atoms with E-state index in [0.717, 1.165) is 27.7 Å². The van der Waals surface area contributed by atoms with Crippen molar-refractivity contribution < 1.29 is 9.59 Å². The standard InChI is InChI=1S/C22H23BrN4O2/c1-2-7-18(24-21(28)13-15-8-6-11-17(23)12-15)22(29)25-20-14-19(26-27-20)16-9-4-3-5-10-16/h3-6,8-12,14,18H,2,7,13H2,1H3,(H,24,28)(H2,25,26,27,29). The smallest absolute Gasteiger partial charge is 0.248 e. The molecule has 0 fully saturated rings. The van der Waals surface area contributed by atoms with E-state index in [-0.39, 0.29) is 18.2 Å². The zero-order valence-electron chi connectivity index (χ0n) is 16.1. The largest absolute Gasteiger partial charge is 0.344 e. The van der Waals surface area contributed by atoms with Gasteiger partial charge in [0.1, 0.15) is 6.04 Å². The molecule has 1 unspecified atom stereocenters. The first-order valence-corrected chi connectivity index (χ1v) is 10.3. The highest BCUT2D eigenvalue weighted by Crippen LogP contribution is 2.19. The first-order valence-electron chi connectivity index (χ1n) is 9.50. The van der Waals surface area contributed by atoms with Crippen molar-refractivity contribution >= 4 is 33.6 Å². The maximum atomic E-state index is 12.7. The van der Waals surface area contributed by atoms with Gasteiger partial charge >= 0.3 is 0 Å². The first-order chi connectivity index (χ1) is 14.0. The van der Waals surface area contributed by atoms with Gasteiger partial charge in [-0.2, -0.15) is 5.10 Å².